The van der Waals surface area contributed by atoms with Crippen molar-refractivity contribution < 1.29 is 4.74 Å². The maximum atomic E-state index is 5.93. The zero-order chi connectivity index (χ0) is 14.5. The Kier molecular flexibility index (Phi) is 5.83. The highest BCUT2D eigenvalue weighted by atomic mass is 16.5. The van der Waals surface area contributed by atoms with E-state index in [2.05, 4.69) is 70.2 Å². The monoisotopic (exact) mass is 264 g/mol. The summed E-state index contributed by atoms with van der Waals surface area (Å²) in [5.41, 5.74) is 1.30. The average molecular weight is 264 g/mol. The van der Waals surface area contributed by atoms with Gasteiger partial charge < -0.3 is 15.0 Å². The van der Waals surface area contributed by atoms with Crippen molar-refractivity contribution in [2.75, 3.05) is 27.2 Å². The van der Waals surface area contributed by atoms with Crippen LogP contribution in [-0.2, 0) is 0 Å². The number of ether oxygens (including phenoxy) is 1. The van der Waals surface area contributed by atoms with Gasteiger partial charge >= 0.3 is 0 Å². The fraction of sp³-hybridized carbons (Fsp3) is 0.625. The molecule has 0 spiro atoms. The van der Waals surface area contributed by atoms with Gasteiger partial charge in [0.25, 0.3) is 0 Å². The molecule has 1 aromatic carbocycles. The summed E-state index contributed by atoms with van der Waals surface area (Å²) >= 11 is 0. The molecule has 0 saturated heterocycles. The summed E-state index contributed by atoms with van der Waals surface area (Å²) in [7, 11) is 4.15. The Bertz CT molecular complexity index is 388. The number of benzene rings is 1. The maximum absolute atomic E-state index is 5.93. The van der Waals surface area contributed by atoms with Crippen LogP contribution in [-0.4, -0.2) is 37.7 Å². The quantitative estimate of drug-likeness (QED) is 0.819. The molecule has 0 amide bonds. The van der Waals surface area contributed by atoms with E-state index >= 15 is 0 Å². The molecule has 3 nitrogen and oxygen atoms in total. The normalized spacial score (nSPS) is 13.6. The Labute approximate surface area is 118 Å². The van der Waals surface area contributed by atoms with Gasteiger partial charge in [0.2, 0.25) is 0 Å². The number of likely N-dealkylation sites (N-methyl/N-ethyl adjacent to an activating group) is 1. The van der Waals surface area contributed by atoms with Gasteiger partial charge in [0.15, 0.2) is 0 Å². The predicted octanol–water partition coefficient (Wildman–Crippen LogP) is 3.08. The molecule has 19 heavy (non-hydrogen) atoms. The van der Waals surface area contributed by atoms with Crippen LogP contribution in [0.3, 0.4) is 0 Å². The van der Waals surface area contributed by atoms with Crippen molar-refractivity contribution in [2.24, 2.45) is 0 Å². The number of nitrogens with one attached hydrogen (secondary N) is 1. The van der Waals surface area contributed by atoms with Crippen LogP contribution in [0.4, 0.5) is 0 Å². The molecule has 0 radical (unpaired) electrons. The third-order valence-corrected chi connectivity index (χ3v) is 3.67. The van der Waals surface area contributed by atoms with Crippen molar-refractivity contribution in [3.63, 3.8) is 0 Å². The smallest absolute Gasteiger partial charge is 0.119 e. The minimum Gasteiger partial charge on any atom is -0.492 e. The number of hydrogen-bond acceptors (Lipinski definition) is 3. The SMILES string of the molecule is CCNC(C)c1cccc(OCC(C)(C)N(C)C)c1. The molecule has 0 aromatic heterocycles. The van der Waals surface area contributed by atoms with E-state index in [0.717, 1.165) is 12.3 Å². The van der Waals surface area contributed by atoms with Crippen molar-refractivity contribution in [1.82, 2.24) is 10.2 Å². The first-order chi connectivity index (χ1) is 8.86. The van der Waals surface area contributed by atoms with E-state index in [1.54, 1.807) is 0 Å². The standard InChI is InChI=1S/C16H28N2O/c1-7-17-13(2)14-9-8-10-15(11-14)19-12-16(3,4)18(5)6/h8-11,13,17H,7,12H2,1-6H3. The lowest BCUT2D eigenvalue weighted by Crippen LogP contribution is -2.43. The molecule has 0 bridgehead atoms. The van der Waals surface area contributed by atoms with Crippen molar-refractivity contribution in [3.05, 3.63) is 29.8 Å². The largest absolute Gasteiger partial charge is 0.492 e. The predicted molar refractivity (Wildman–Crippen MR) is 81.8 cm³/mol. The van der Waals surface area contributed by atoms with Gasteiger partial charge in [-0.25, -0.2) is 0 Å². The Morgan fingerprint density at radius 3 is 2.58 bits per heavy atom. The van der Waals surface area contributed by atoms with Crippen LogP contribution in [0.15, 0.2) is 24.3 Å². The molecule has 108 valence electrons. The second-order valence-corrected chi connectivity index (χ2v) is 5.85. The van der Waals surface area contributed by atoms with Crippen LogP contribution in [0, 0.1) is 0 Å². The fourth-order valence-electron chi connectivity index (χ4n) is 1.69. The van der Waals surface area contributed by atoms with E-state index in [1.807, 2.05) is 6.07 Å². The van der Waals surface area contributed by atoms with Crippen LogP contribution in [0.2, 0.25) is 0 Å². The third kappa shape index (κ3) is 4.84. The van der Waals surface area contributed by atoms with Crippen LogP contribution < -0.4 is 10.1 Å². The zero-order valence-corrected chi connectivity index (χ0v) is 13.2. The molecule has 0 aliphatic carbocycles. The van der Waals surface area contributed by atoms with Crippen LogP contribution in [0.1, 0.15) is 39.3 Å². The van der Waals surface area contributed by atoms with E-state index in [1.165, 1.54) is 5.56 Å². The second-order valence-electron chi connectivity index (χ2n) is 5.85. The van der Waals surface area contributed by atoms with Crippen LogP contribution in [0.5, 0.6) is 5.75 Å². The molecular formula is C16H28N2O. The van der Waals surface area contributed by atoms with E-state index in [9.17, 15) is 0 Å². The molecule has 1 rings (SSSR count). The summed E-state index contributed by atoms with van der Waals surface area (Å²) in [6.45, 7) is 10.3. The van der Waals surface area contributed by atoms with Gasteiger partial charge in [-0.05, 0) is 59.1 Å². The average Bonchev–Trinajstić information content (AvgIpc) is 2.37. The molecule has 3 heteroatoms. The van der Waals surface area contributed by atoms with E-state index in [-0.39, 0.29) is 5.54 Å². The van der Waals surface area contributed by atoms with Gasteiger partial charge in [0.1, 0.15) is 12.4 Å². The Balaban J connectivity index is 2.67. The maximum Gasteiger partial charge on any atom is 0.119 e. The molecule has 1 unspecified atom stereocenters. The van der Waals surface area contributed by atoms with Crippen LogP contribution in [0.25, 0.3) is 0 Å². The molecule has 0 aliphatic heterocycles. The number of hydrogen-bond donors (Lipinski definition) is 1. The molecule has 0 fully saturated rings. The molecule has 1 N–H and O–H groups in total. The highest BCUT2D eigenvalue weighted by Gasteiger charge is 2.21. The number of nitrogens with zero attached hydrogens (tertiary/aromatic N) is 1. The van der Waals surface area contributed by atoms with Crippen molar-refractivity contribution in [1.29, 1.82) is 0 Å². The van der Waals surface area contributed by atoms with Crippen molar-refractivity contribution in [3.8, 4) is 5.75 Å². The Hall–Kier alpha value is -1.06. The fourth-order valence-corrected chi connectivity index (χ4v) is 1.69. The molecule has 1 aromatic rings. The number of rotatable bonds is 7. The molecule has 0 heterocycles. The summed E-state index contributed by atoms with van der Waals surface area (Å²) in [6, 6.07) is 8.70. The summed E-state index contributed by atoms with van der Waals surface area (Å²) in [6.07, 6.45) is 0. The van der Waals surface area contributed by atoms with Crippen LogP contribution >= 0.6 is 0 Å². The summed E-state index contributed by atoms with van der Waals surface area (Å²) in [5.74, 6) is 0.942. The highest BCUT2D eigenvalue weighted by Crippen LogP contribution is 2.20. The second kappa shape index (κ2) is 6.92. The van der Waals surface area contributed by atoms with Crippen molar-refractivity contribution in [2.45, 2.75) is 39.3 Å². The first-order valence-electron chi connectivity index (χ1n) is 7.00. The topological polar surface area (TPSA) is 24.5 Å². The van der Waals surface area contributed by atoms with Gasteiger partial charge in [-0.1, -0.05) is 19.1 Å². The summed E-state index contributed by atoms with van der Waals surface area (Å²) in [5, 5.41) is 3.42. The molecule has 0 saturated carbocycles. The van der Waals surface area contributed by atoms with E-state index < -0.39 is 0 Å². The molecular weight excluding hydrogens is 236 g/mol. The summed E-state index contributed by atoms with van der Waals surface area (Å²) < 4.78 is 5.93. The van der Waals surface area contributed by atoms with Crippen molar-refractivity contribution >= 4 is 0 Å². The highest BCUT2D eigenvalue weighted by molar-refractivity contribution is 5.30. The lowest BCUT2D eigenvalue weighted by Gasteiger charge is -2.32. The minimum atomic E-state index is 0.0310. The van der Waals surface area contributed by atoms with Gasteiger partial charge in [0, 0.05) is 11.6 Å². The molecule has 1 atom stereocenters. The van der Waals surface area contributed by atoms with Gasteiger partial charge in [0.05, 0.1) is 0 Å². The lowest BCUT2D eigenvalue weighted by atomic mass is 10.1. The molecule has 0 aliphatic rings. The summed E-state index contributed by atoms with van der Waals surface area (Å²) in [4.78, 5) is 2.18. The van der Waals surface area contributed by atoms with E-state index in [4.69, 9.17) is 4.74 Å². The minimum absolute atomic E-state index is 0.0310. The van der Waals surface area contributed by atoms with Gasteiger partial charge in [-0.2, -0.15) is 0 Å². The van der Waals surface area contributed by atoms with E-state index in [0.29, 0.717) is 12.6 Å². The first-order valence-corrected chi connectivity index (χ1v) is 7.00. The van der Waals surface area contributed by atoms with Gasteiger partial charge in [-0.15, -0.1) is 0 Å². The Morgan fingerprint density at radius 1 is 1.32 bits per heavy atom. The third-order valence-electron chi connectivity index (χ3n) is 3.67. The van der Waals surface area contributed by atoms with Gasteiger partial charge in [-0.3, -0.25) is 0 Å². The zero-order valence-electron chi connectivity index (χ0n) is 13.2. The Morgan fingerprint density at radius 2 is 2.00 bits per heavy atom. The first kappa shape index (κ1) is 16.0. The lowest BCUT2D eigenvalue weighted by molar-refractivity contribution is 0.114.